The number of piperidine rings is 1. The second-order valence-electron chi connectivity index (χ2n) is 8.44. The lowest BCUT2D eigenvalue weighted by Crippen LogP contribution is -2.41. The molecule has 1 N–H and O–H groups in total. The van der Waals surface area contributed by atoms with E-state index in [1.807, 2.05) is 33.7 Å². The molecule has 5 heteroatoms. The van der Waals surface area contributed by atoms with Crippen molar-refractivity contribution in [2.24, 2.45) is 5.41 Å². The number of hydrogen-bond donors (Lipinski definition) is 1. The Labute approximate surface area is 153 Å². The number of hydrogen-bond acceptors (Lipinski definition) is 2. The molecule has 2 aromatic rings. The molecule has 1 aliphatic heterocycles. The summed E-state index contributed by atoms with van der Waals surface area (Å²) < 4.78 is 1.87. The maximum atomic E-state index is 12.8. The first-order valence-electron chi connectivity index (χ1n) is 9.62. The molecular weight excluding hydrogens is 326 g/mol. The van der Waals surface area contributed by atoms with Crippen LogP contribution in [0.4, 0.5) is 0 Å². The quantitative estimate of drug-likeness (QED) is 0.896. The molecule has 5 nitrogen and oxygen atoms in total. The number of nitrogens with one attached hydrogen (secondary N) is 1. The zero-order chi connectivity index (χ0) is 18.3. The number of likely N-dealkylation sites (tertiary alicyclic amines) is 1. The fraction of sp³-hybridized carbons (Fsp3) is 0.524. The van der Waals surface area contributed by atoms with Crippen molar-refractivity contribution in [2.45, 2.75) is 52.0 Å². The van der Waals surface area contributed by atoms with Crippen molar-refractivity contribution in [1.82, 2.24) is 14.5 Å². The zero-order valence-electron chi connectivity index (χ0n) is 15.6. The molecule has 1 saturated heterocycles. The van der Waals surface area contributed by atoms with Crippen molar-refractivity contribution < 1.29 is 4.79 Å². The Morgan fingerprint density at radius 3 is 2.62 bits per heavy atom. The third-order valence-corrected chi connectivity index (χ3v) is 5.99. The van der Waals surface area contributed by atoms with Gasteiger partial charge in [0.15, 0.2) is 0 Å². The van der Waals surface area contributed by atoms with E-state index in [4.69, 9.17) is 0 Å². The highest BCUT2D eigenvalue weighted by Crippen LogP contribution is 2.35. The van der Waals surface area contributed by atoms with Gasteiger partial charge >= 0.3 is 5.69 Å². The second-order valence-corrected chi connectivity index (χ2v) is 8.44. The van der Waals surface area contributed by atoms with Gasteiger partial charge in [-0.2, -0.15) is 0 Å². The number of H-pyrrole nitrogens is 1. The van der Waals surface area contributed by atoms with Gasteiger partial charge in [0.05, 0.1) is 11.0 Å². The number of carbonyl (C=O) groups is 1. The van der Waals surface area contributed by atoms with Gasteiger partial charge in [-0.05, 0) is 49.7 Å². The maximum Gasteiger partial charge on any atom is 0.326 e. The third kappa shape index (κ3) is 3.11. The Morgan fingerprint density at radius 2 is 1.92 bits per heavy atom. The van der Waals surface area contributed by atoms with E-state index < -0.39 is 0 Å². The number of nitrogens with zero attached hydrogens (tertiary/aromatic N) is 2. The summed E-state index contributed by atoms with van der Waals surface area (Å²) in [5.41, 5.74) is 3.08. The van der Waals surface area contributed by atoms with Crippen LogP contribution in [0.5, 0.6) is 0 Å². The molecular formula is C21H27N3O2. The molecule has 4 rings (SSSR count). The van der Waals surface area contributed by atoms with Gasteiger partial charge in [-0.3, -0.25) is 9.36 Å². The van der Waals surface area contributed by atoms with Crippen molar-refractivity contribution in [3.05, 3.63) is 46.4 Å². The summed E-state index contributed by atoms with van der Waals surface area (Å²) in [5, 5.41) is 0. The molecule has 0 bridgehead atoms. The van der Waals surface area contributed by atoms with E-state index in [9.17, 15) is 9.59 Å². The monoisotopic (exact) mass is 353 g/mol. The summed E-state index contributed by atoms with van der Waals surface area (Å²) in [4.78, 5) is 30.1. The van der Waals surface area contributed by atoms with E-state index >= 15 is 0 Å². The van der Waals surface area contributed by atoms with Crippen molar-refractivity contribution in [3.63, 3.8) is 0 Å². The average Bonchev–Trinajstić information content (AvgIpc) is 2.97. The van der Waals surface area contributed by atoms with Crippen molar-refractivity contribution in [3.8, 4) is 0 Å². The van der Waals surface area contributed by atoms with Crippen LogP contribution in [0, 0.1) is 5.41 Å². The fourth-order valence-corrected chi connectivity index (χ4v) is 4.24. The van der Waals surface area contributed by atoms with E-state index in [1.165, 1.54) is 0 Å². The first-order chi connectivity index (χ1) is 12.4. The van der Waals surface area contributed by atoms with Crippen molar-refractivity contribution in [2.75, 3.05) is 13.1 Å². The summed E-state index contributed by atoms with van der Waals surface area (Å²) in [5.74, 6) is 0.199. The molecule has 2 aliphatic rings. The van der Waals surface area contributed by atoms with Gasteiger partial charge in [-0.25, -0.2) is 4.79 Å². The normalized spacial score (nSPS) is 21.0. The van der Waals surface area contributed by atoms with Gasteiger partial charge in [0.1, 0.15) is 0 Å². The standard InChI is InChI=1S/C21H27N3O2/c1-21(2)11-7-15(8-12-21)19(25)23-13-9-16(10-14-23)24-18-6-4-3-5-17(18)22-20(24)26/h3-7,16H,8-14H2,1-2H3,(H,22,26). The molecule has 0 unspecified atom stereocenters. The highest BCUT2D eigenvalue weighted by molar-refractivity contribution is 5.93. The smallest absolute Gasteiger partial charge is 0.326 e. The number of carbonyl (C=O) groups excluding carboxylic acids is 1. The summed E-state index contributed by atoms with van der Waals surface area (Å²) in [7, 11) is 0. The van der Waals surface area contributed by atoms with Gasteiger partial charge in [0.25, 0.3) is 0 Å². The molecule has 26 heavy (non-hydrogen) atoms. The molecule has 1 fully saturated rings. The van der Waals surface area contributed by atoms with Gasteiger partial charge in [0.2, 0.25) is 5.91 Å². The van der Waals surface area contributed by atoms with Crippen LogP contribution >= 0.6 is 0 Å². The number of amides is 1. The minimum absolute atomic E-state index is 0.0480. The van der Waals surface area contributed by atoms with E-state index in [0.29, 0.717) is 5.41 Å². The lowest BCUT2D eigenvalue weighted by molar-refractivity contribution is -0.128. The number of fused-ring (bicyclic) bond motifs is 1. The summed E-state index contributed by atoms with van der Waals surface area (Å²) >= 11 is 0. The molecule has 1 amide bonds. The number of para-hydroxylation sites is 2. The van der Waals surface area contributed by atoms with Crippen LogP contribution < -0.4 is 5.69 Å². The largest absolute Gasteiger partial charge is 0.339 e. The van der Waals surface area contributed by atoms with E-state index in [-0.39, 0.29) is 17.6 Å². The fourth-order valence-electron chi connectivity index (χ4n) is 4.24. The summed E-state index contributed by atoms with van der Waals surface area (Å²) in [6.45, 7) is 5.96. The number of benzene rings is 1. The second kappa shape index (κ2) is 6.45. The summed E-state index contributed by atoms with van der Waals surface area (Å²) in [6.07, 6.45) is 6.73. The van der Waals surface area contributed by atoms with Gasteiger partial charge in [-0.15, -0.1) is 0 Å². The maximum absolute atomic E-state index is 12.8. The number of rotatable bonds is 2. The molecule has 0 radical (unpaired) electrons. The predicted octanol–water partition coefficient (Wildman–Crippen LogP) is 3.63. The van der Waals surface area contributed by atoms with Crippen LogP contribution in [0.2, 0.25) is 0 Å². The molecule has 1 aliphatic carbocycles. The minimum atomic E-state index is -0.0480. The Bertz CT molecular complexity index is 911. The SMILES string of the molecule is CC1(C)CC=C(C(=O)N2CCC(n3c(=O)[nH]c4ccccc43)CC2)CC1. The molecule has 1 aromatic carbocycles. The van der Waals surface area contributed by atoms with Gasteiger partial charge in [0, 0.05) is 24.7 Å². The molecule has 0 saturated carbocycles. The highest BCUT2D eigenvalue weighted by Gasteiger charge is 2.30. The first kappa shape index (κ1) is 17.1. The van der Waals surface area contributed by atoms with Crippen LogP contribution in [0.25, 0.3) is 11.0 Å². The lowest BCUT2D eigenvalue weighted by Gasteiger charge is -2.35. The number of aromatic nitrogens is 2. The van der Waals surface area contributed by atoms with E-state index in [0.717, 1.165) is 61.8 Å². The lowest BCUT2D eigenvalue weighted by atomic mass is 9.78. The van der Waals surface area contributed by atoms with E-state index in [2.05, 4.69) is 24.9 Å². The number of allylic oxidation sites excluding steroid dienone is 1. The zero-order valence-corrected chi connectivity index (χ0v) is 15.6. The van der Waals surface area contributed by atoms with Crippen LogP contribution in [-0.2, 0) is 4.79 Å². The first-order valence-corrected chi connectivity index (χ1v) is 9.62. The molecule has 138 valence electrons. The van der Waals surface area contributed by atoms with Crippen LogP contribution in [-0.4, -0.2) is 33.4 Å². The average molecular weight is 353 g/mol. The Kier molecular flexibility index (Phi) is 4.25. The highest BCUT2D eigenvalue weighted by atomic mass is 16.2. The van der Waals surface area contributed by atoms with Crippen LogP contribution in [0.3, 0.4) is 0 Å². The predicted molar refractivity (Wildman–Crippen MR) is 103 cm³/mol. The number of aromatic amines is 1. The third-order valence-electron chi connectivity index (χ3n) is 5.99. The van der Waals surface area contributed by atoms with Crippen LogP contribution in [0.1, 0.15) is 52.0 Å². The molecule has 0 spiro atoms. The Balaban J connectivity index is 1.46. The van der Waals surface area contributed by atoms with Crippen molar-refractivity contribution in [1.29, 1.82) is 0 Å². The Morgan fingerprint density at radius 1 is 1.19 bits per heavy atom. The summed E-state index contributed by atoms with van der Waals surface area (Å²) in [6, 6.07) is 7.97. The van der Waals surface area contributed by atoms with Crippen LogP contribution in [0.15, 0.2) is 40.7 Å². The minimum Gasteiger partial charge on any atom is -0.339 e. The number of imidazole rings is 1. The van der Waals surface area contributed by atoms with Crippen molar-refractivity contribution >= 4 is 16.9 Å². The van der Waals surface area contributed by atoms with Gasteiger partial charge in [-0.1, -0.05) is 32.1 Å². The molecule has 0 atom stereocenters. The molecule has 2 heterocycles. The topological polar surface area (TPSA) is 58.1 Å². The Hall–Kier alpha value is -2.30. The molecule has 1 aromatic heterocycles. The van der Waals surface area contributed by atoms with Gasteiger partial charge < -0.3 is 9.88 Å². The van der Waals surface area contributed by atoms with E-state index in [1.54, 1.807) is 0 Å².